The number of fused-ring (bicyclic) bond motifs is 5. The van der Waals surface area contributed by atoms with Crippen molar-refractivity contribution in [3.8, 4) is 11.3 Å². The minimum atomic E-state index is 0.240. The zero-order valence-electron chi connectivity index (χ0n) is 17.6. The first-order valence-corrected chi connectivity index (χ1v) is 10.9. The molecule has 3 heteroatoms. The molecule has 0 aliphatic carbocycles. The Morgan fingerprint density at radius 1 is 0.966 bits per heavy atom. The number of thiophene rings is 1. The molecular formula is C26H25NOS. The molecule has 0 unspecified atom stereocenters. The molecule has 3 heterocycles. The van der Waals surface area contributed by atoms with E-state index in [1.165, 1.54) is 31.5 Å². The van der Waals surface area contributed by atoms with Gasteiger partial charge < -0.3 is 4.42 Å². The maximum absolute atomic E-state index is 6.55. The topological polar surface area (TPSA) is 26.0 Å². The highest BCUT2D eigenvalue weighted by Gasteiger charge is 2.18. The van der Waals surface area contributed by atoms with Gasteiger partial charge in [-0.15, -0.1) is 11.3 Å². The van der Waals surface area contributed by atoms with Crippen LogP contribution in [0.1, 0.15) is 36.8 Å². The fourth-order valence-electron chi connectivity index (χ4n) is 4.25. The molecule has 0 aliphatic rings. The zero-order chi connectivity index (χ0) is 20.3. The first-order valence-electron chi connectivity index (χ1n) is 10.1. The number of aromatic nitrogens is 1. The van der Waals surface area contributed by atoms with Crippen LogP contribution in [0.25, 0.3) is 43.3 Å². The van der Waals surface area contributed by atoms with Crippen LogP contribution in [0.5, 0.6) is 0 Å². The first kappa shape index (κ1) is 18.4. The van der Waals surface area contributed by atoms with E-state index in [9.17, 15) is 0 Å². The summed E-state index contributed by atoms with van der Waals surface area (Å²) in [5.41, 5.74) is 6.84. The molecule has 29 heavy (non-hydrogen) atoms. The van der Waals surface area contributed by atoms with Crippen LogP contribution in [0.15, 0.2) is 53.1 Å². The van der Waals surface area contributed by atoms with Crippen LogP contribution in [0.4, 0.5) is 0 Å². The van der Waals surface area contributed by atoms with Gasteiger partial charge in [-0.1, -0.05) is 32.9 Å². The van der Waals surface area contributed by atoms with Crippen molar-refractivity contribution in [2.45, 2.75) is 41.0 Å². The lowest BCUT2D eigenvalue weighted by atomic mass is 9.88. The number of hydrogen-bond acceptors (Lipinski definition) is 3. The van der Waals surface area contributed by atoms with Crippen molar-refractivity contribution >= 4 is 43.4 Å². The van der Waals surface area contributed by atoms with E-state index < -0.39 is 0 Å². The Balaban J connectivity index is 1.77. The quantitative estimate of drug-likeness (QED) is 0.300. The van der Waals surface area contributed by atoms with Crippen LogP contribution in [-0.4, -0.2) is 4.98 Å². The van der Waals surface area contributed by atoms with E-state index in [0.717, 1.165) is 34.2 Å². The Hall–Kier alpha value is -2.65. The zero-order valence-corrected chi connectivity index (χ0v) is 18.4. The molecule has 0 saturated heterocycles. The predicted molar refractivity (Wildman–Crippen MR) is 125 cm³/mol. The van der Waals surface area contributed by atoms with Gasteiger partial charge in [0.25, 0.3) is 0 Å². The molecule has 0 saturated carbocycles. The monoisotopic (exact) mass is 399 g/mol. The second kappa shape index (κ2) is 6.43. The molecule has 0 fully saturated rings. The third kappa shape index (κ3) is 3.05. The molecule has 2 nitrogen and oxygen atoms in total. The Bertz CT molecular complexity index is 1380. The fraction of sp³-hybridized carbons (Fsp3) is 0.269. The molecule has 0 bridgehead atoms. The van der Waals surface area contributed by atoms with Gasteiger partial charge in [0.1, 0.15) is 11.2 Å². The first-order chi connectivity index (χ1) is 13.8. The lowest BCUT2D eigenvalue weighted by Crippen LogP contribution is -2.09. The van der Waals surface area contributed by atoms with Crippen LogP contribution in [0.3, 0.4) is 0 Å². The fourth-order valence-corrected chi connectivity index (χ4v) is 5.32. The van der Waals surface area contributed by atoms with Crippen LogP contribution >= 0.6 is 11.3 Å². The summed E-state index contributed by atoms with van der Waals surface area (Å²) in [4.78, 5) is 6.04. The predicted octanol–water partition coefficient (Wildman–Crippen LogP) is 8.07. The van der Waals surface area contributed by atoms with E-state index >= 15 is 0 Å². The molecule has 0 radical (unpaired) electrons. The Labute approximate surface area is 175 Å². The van der Waals surface area contributed by atoms with Crippen molar-refractivity contribution in [2.75, 3.05) is 0 Å². The molecular weight excluding hydrogens is 374 g/mol. The molecule has 0 atom stereocenters. The number of para-hydroxylation sites is 1. The van der Waals surface area contributed by atoms with Crippen molar-refractivity contribution in [1.29, 1.82) is 0 Å². The van der Waals surface area contributed by atoms with E-state index in [2.05, 4.69) is 82.1 Å². The minimum absolute atomic E-state index is 0.240. The summed E-state index contributed by atoms with van der Waals surface area (Å²) in [6.07, 6.45) is 2.94. The largest absolute Gasteiger partial charge is 0.455 e. The molecule has 0 spiro atoms. The minimum Gasteiger partial charge on any atom is -0.455 e. The van der Waals surface area contributed by atoms with Crippen molar-refractivity contribution in [1.82, 2.24) is 4.98 Å². The highest BCUT2D eigenvalue weighted by atomic mass is 32.1. The molecule has 5 rings (SSSR count). The summed E-state index contributed by atoms with van der Waals surface area (Å²) in [5.74, 6) is 0. The second-order valence-electron chi connectivity index (χ2n) is 9.17. The lowest BCUT2D eigenvalue weighted by Gasteiger charge is -2.18. The van der Waals surface area contributed by atoms with Crippen LogP contribution in [-0.2, 0) is 6.42 Å². The van der Waals surface area contributed by atoms with E-state index in [-0.39, 0.29) is 5.41 Å². The number of pyridine rings is 1. The highest BCUT2D eigenvalue weighted by Crippen LogP contribution is 2.42. The van der Waals surface area contributed by atoms with Gasteiger partial charge in [-0.3, -0.25) is 4.98 Å². The third-order valence-corrected chi connectivity index (χ3v) is 6.80. The summed E-state index contributed by atoms with van der Waals surface area (Å²) < 4.78 is 7.84. The van der Waals surface area contributed by atoms with Gasteiger partial charge in [-0.25, -0.2) is 0 Å². The highest BCUT2D eigenvalue weighted by molar-refractivity contribution is 7.19. The van der Waals surface area contributed by atoms with Gasteiger partial charge in [-0.2, -0.15) is 0 Å². The number of benzene rings is 2. The van der Waals surface area contributed by atoms with Crippen LogP contribution in [0.2, 0.25) is 0 Å². The van der Waals surface area contributed by atoms with E-state index in [1.54, 1.807) is 0 Å². The van der Waals surface area contributed by atoms with Gasteiger partial charge >= 0.3 is 0 Å². The second-order valence-corrected chi connectivity index (χ2v) is 10.4. The molecule has 5 aromatic rings. The van der Waals surface area contributed by atoms with Gasteiger partial charge in [0.2, 0.25) is 0 Å². The Kier molecular flexibility index (Phi) is 4.08. The SMILES string of the molecule is Cc1sc2ccc3c4cccc(-c5cc(CC(C)(C)C)ccn5)c4oc3c2c1C. The summed E-state index contributed by atoms with van der Waals surface area (Å²) in [7, 11) is 0. The van der Waals surface area contributed by atoms with Gasteiger partial charge in [0.05, 0.1) is 5.69 Å². The summed E-state index contributed by atoms with van der Waals surface area (Å²) in [6, 6.07) is 15.1. The molecule has 3 aromatic heterocycles. The van der Waals surface area contributed by atoms with Gasteiger partial charge in [0, 0.05) is 37.5 Å². The molecule has 146 valence electrons. The van der Waals surface area contributed by atoms with Crippen LogP contribution < -0.4 is 0 Å². The summed E-state index contributed by atoms with van der Waals surface area (Å²) >= 11 is 1.84. The van der Waals surface area contributed by atoms with E-state index in [0.29, 0.717) is 0 Å². The summed E-state index contributed by atoms with van der Waals surface area (Å²) in [6.45, 7) is 11.2. The molecule has 0 N–H and O–H groups in total. The number of furan rings is 1. The van der Waals surface area contributed by atoms with Crippen LogP contribution in [0, 0.1) is 19.3 Å². The standard InChI is InChI=1S/C26H25NOS/c1-15-16(2)29-22-10-9-19-18-7-6-8-20(24(18)28-25(19)23(15)22)21-13-17(11-12-27-21)14-26(3,4)5/h6-13H,14H2,1-5H3. The average molecular weight is 400 g/mol. The third-order valence-electron chi connectivity index (χ3n) is 5.63. The van der Waals surface area contributed by atoms with Crippen molar-refractivity contribution in [3.05, 3.63) is 64.7 Å². The van der Waals surface area contributed by atoms with Crippen molar-refractivity contribution in [2.24, 2.45) is 5.41 Å². The molecule has 2 aromatic carbocycles. The lowest BCUT2D eigenvalue weighted by molar-refractivity contribution is 0.411. The summed E-state index contributed by atoms with van der Waals surface area (Å²) in [5, 5.41) is 3.59. The van der Waals surface area contributed by atoms with E-state index in [4.69, 9.17) is 4.42 Å². The van der Waals surface area contributed by atoms with Crippen molar-refractivity contribution < 1.29 is 4.42 Å². The number of hydrogen-bond donors (Lipinski definition) is 0. The number of nitrogens with zero attached hydrogens (tertiary/aromatic N) is 1. The molecule has 0 amide bonds. The van der Waals surface area contributed by atoms with Gasteiger partial charge in [0.15, 0.2) is 0 Å². The van der Waals surface area contributed by atoms with E-state index in [1.807, 2.05) is 17.5 Å². The maximum Gasteiger partial charge on any atom is 0.144 e. The number of rotatable bonds is 2. The van der Waals surface area contributed by atoms with Gasteiger partial charge in [-0.05, 0) is 67.1 Å². The number of aryl methyl sites for hydroxylation is 2. The smallest absolute Gasteiger partial charge is 0.144 e. The van der Waals surface area contributed by atoms with Crippen molar-refractivity contribution in [3.63, 3.8) is 0 Å². The molecule has 0 aliphatic heterocycles. The normalized spacial score (nSPS) is 12.4. The Morgan fingerprint density at radius 2 is 1.76 bits per heavy atom. The average Bonchev–Trinajstić information content (AvgIpc) is 3.17. The maximum atomic E-state index is 6.55. The Morgan fingerprint density at radius 3 is 2.55 bits per heavy atom.